The Morgan fingerprint density at radius 3 is 2.58 bits per heavy atom. The Morgan fingerprint density at radius 2 is 2.00 bits per heavy atom. The lowest BCUT2D eigenvalue weighted by Crippen LogP contribution is -2.56. The number of hydrogen-bond donors (Lipinski definition) is 4. The fourth-order valence-corrected chi connectivity index (χ4v) is 3.50. The van der Waals surface area contributed by atoms with Crippen molar-refractivity contribution in [2.45, 2.75) is 37.6 Å². The first-order valence-electron chi connectivity index (χ1n) is 7.91. The van der Waals surface area contributed by atoms with Gasteiger partial charge in [0.2, 0.25) is 0 Å². The van der Waals surface area contributed by atoms with E-state index in [2.05, 4.69) is 0 Å². The summed E-state index contributed by atoms with van der Waals surface area (Å²) in [6.45, 7) is 1.15. The first-order valence-corrected chi connectivity index (χ1v) is 8.32. The predicted octanol–water partition coefficient (Wildman–Crippen LogP) is 0.630. The summed E-state index contributed by atoms with van der Waals surface area (Å²) in [4.78, 5) is 0. The number of nitriles is 1. The Morgan fingerprint density at radius 1 is 1.27 bits per heavy atom. The number of nitrogens with zero attached hydrogens (tertiary/aromatic N) is 2. The molecule has 0 radical (unpaired) electrons. The van der Waals surface area contributed by atoms with Crippen LogP contribution in [0.4, 0.5) is 0 Å². The number of aliphatic hydroxyl groups excluding tert-OH is 4. The molecule has 9 heteroatoms. The lowest BCUT2D eigenvalue weighted by molar-refractivity contribution is -0.252. The minimum Gasteiger partial charge on any atom is -0.464 e. The van der Waals surface area contributed by atoms with E-state index in [-0.39, 0.29) is 10.2 Å². The third kappa shape index (κ3) is 2.97. The van der Waals surface area contributed by atoms with E-state index in [4.69, 9.17) is 21.4 Å². The maximum atomic E-state index is 10.4. The molecule has 1 fully saturated rings. The number of rotatable bonds is 3. The van der Waals surface area contributed by atoms with Crippen LogP contribution in [-0.2, 0) is 4.74 Å². The lowest BCUT2D eigenvalue weighted by atomic mass is 9.97. The normalized spacial score (nSPS) is 28.7. The third-order valence-corrected chi connectivity index (χ3v) is 4.86. The van der Waals surface area contributed by atoms with Gasteiger partial charge in [0.05, 0.1) is 18.4 Å². The van der Waals surface area contributed by atoms with Crippen LogP contribution >= 0.6 is 12.2 Å². The van der Waals surface area contributed by atoms with Crippen LogP contribution in [-0.4, -0.2) is 56.0 Å². The summed E-state index contributed by atoms with van der Waals surface area (Å²) in [6, 6.07) is 7.08. The van der Waals surface area contributed by atoms with Crippen molar-refractivity contribution in [3.8, 4) is 17.4 Å². The van der Waals surface area contributed by atoms with Crippen LogP contribution in [0.1, 0.15) is 17.5 Å². The molecule has 0 aromatic carbocycles. The van der Waals surface area contributed by atoms with Crippen molar-refractivity contribution in [2.24, 2.45) is 0 Å². The van der Waals surface area contributed by atoms with E-state index in [9.17, 15) is 25.7 Å². The van der Waals surface area contributed by atoms with Crippen molar-refractivity contribution in [3.05, 3.63) is 40.4 Å². The largest absolute Gasteiger partial charge is 0.464 e. The van der Waals surface area contributed by atoms with Crippen molar-refractivity contribution in [1.82, 2.24) is 4.57 Å². The van der Waals surface area contributed by atoms with Gasteiger partial charge in [0.25, 0.3) is 0 Å². The van der Waals surface area contributed by atoms with E-state index >= 15 is 0 Å². The summed E-state index contributed by atoms with van der Waals surface area (Å²) >= 11 is 5.42. The average Bonchev–Trinajstić information content (AvgIpc) is 3.15. The molecule has 1 saturated heterocycles. The van der Waals surface area contributed by atoms with Gasteiger partial charge in [-0.15, -0.1) is 0 Å². The minimum absolute atomic E-state index is 0.0863. The molecule has 0 spiro atoms. The van der Waals surface area contributed by atoms with Gasteiger partial charge >= 0.3 is 0 Å². The van der Waals surface area contributed by atoms with Crippen LogP contribution < -0.4 is 0 Å². The fraction of sp³-hybridized carbons (Fsp3) is 0.412. The van der Waals surface area contributed by atoms with Crippen LogP contribution in [0.3, 0.4) is 0 Å². The summed E-state index contributed by atoms with van der Waals surface area (Å²) in [6.07, 6.45) is -5.28. The van der Waals surface area contributed by atoms with Gasteiger partial charge in [-0.25, -0.2) is 0 Å². The van der Waals surface area contributed by atoms with E-state index in [1.165, 1.54) is 10.8 Å². The highest BCUT2D eigenvalue weighted by Crippen LogP contribution is 2.33. The summed E-state index contributed by atoms with van der Waals surface area (Å²) in [5.41, 5.74) is 1.20. The Hall–Kier alpha value is -2.06. The summed E-state index contributed by atoms with van der Waals surface area (Å²) in [5, 5.41) is 49.2. The van der Waals surface area contributed by atoms with Crippen LogP contribution in [0.5, 0.6) is 0 Å². The van der Waals surface area contributed by atoms with E-state index < -0.39 is 37.3 Å². The summed E-state index contributed by atoms with van der Waals surface area (Å²) in [7, 11) is 0. The first kappa shape index (κ1) is 18.7. The second-order valence-electron chi connectivity index (χ2n) is 6.06. The smallest absolute Gasteiger partial charge is 0.164 e. The second-order valence-corrected chi connectivity index (χ2v) is 6.44. The summed E-state index contributed by atoms with van der Waals surface area (Å²) in [5.74, 6) is 0.469. The van der Waals surface area contributed by atoms with Gasteiger partial charge in [-0.1, -0.05) is 12.2 Å². The average molecular weight is 378 g/mol. The standard InChI is InChI=1S/C17H18N2O6S/c1-8-5-9(11-3-2-4-24-11)10(6-18)17(26)19(8)16-15(23)14(22)13(21)12(7-20)25-16/h2-5,12-16,20-23H,7H2,1H3/t12-,13+,14+,15-,16-/m1/s1. The molecule has 0 bridgehead atoms. The molecule has 0 unspecified atom stereocenters. The zero-order chi connectivity index (χ0) is 19.0. The molecule has 2 aromatic rings. The maximum Gasteiger partial charge on any atom is 0.164 e. The zero-order valence-corrected chi connectivity index (χ0v) is 14.6. The zero-order valence-electron chi connectivity index (χ0n) is 13.8. The molecule has 2 aromatic heterocycles. The van der Waals surface area contributed by atoms with Crippen molar-refractivity contribution >= 4 is 12.2 Å². The molecule has 1 aliphatic rings. The molecule has 138 valence electrons. The molecule has 0 saturated carbocycles. The van der Waals surface area contributed by atoms with Crippen molar-refractivity contribution in [1.29, 1.82) is 5.26 Å². The third-order valence-electron chi connectivity index (χ3n) is 4.46. The molecule has 0 amide bonds. The second kappa shape index (κ2) is 7.28. The van der Waals surface area contributed by atoms with Gasteiger partial charge in [-0.3, -0.25) is 0 Å². The van der Waals surface area contributed by atoms with Crippen LogP contribution in [0.2, 0.25) is 0 Å². The molecule has 1 aliphatic heterocycles. The van der Waals surface area contributed by atoms with Gasteiger partial charge in [0, 0.05) is 11.3 Å². The van der Waals surface area contributed by atoms with E-state index in [0.717, 1.165) is 0 Å². The molecule has 5 atom stereocenters. The SMILES string of the molecule is Cc1cc(-c2ccco2)c(C#N)c(=S)n1[C@@H]1O[C@H](CO)[C@H](O)[C@H](O)[C@H]1O. The Balaban J connectivity index is 2.14. The van der Waals surface area contributed by atoms with Crippen LogP contribution in [0, 0.1) is 22.9 Å². The van der Waals surface area contributed by atoms with E-state index in [1.807, 2.05) is 6.07 Å². The van der Waals surface area contributed by atoms with Gasteiger partial charge in [-0.05, 0) is 25.1 Å². The highest BCUT2D eigenvalue weighted by atomic mass is 32.1. The highest BCUT2D eigenvalue weighted by Gasteiger charge is 2.44. The van der Waals surface area contributed by atoms with E-state index in [0.29, 0.717) is 17.0 Å². The maximum absolute atomic E-state index is 10.4. The lowest BCUT2D eigenvalue weighted by Gasteiger charge is -2.41. The van der Waals surface area contributed by atoms with Gasteiger partial charge in [-0.2, -0.15) is 5.26 Å². The summed E-state index contributed by atoms with van der Waals surface area (Å²) < 4.78 is 12.4. The number of furan rings is 1. The number of aromatic nitrogens is 1. The van der Waals surface area contributed by atoms with Gasteiger partial charge in [0.1, 0.15) is 40.9 Å². The van der Waals surface area contributed by atoms with Crippen LogP contribution in [0.25, 0.3) is 11.3 Å². The van der Waals surface area contributed by atoms with Gasteiger partial charge in [0.15, 0.2) is 6.23 Å². The number of pyridine rings is 1. The van der Waals surface area contributed by atoms with E-state index in [1.54, 1.807) is 25.1 Å². The molecule has 4 N–H and O–H groups in total. The molecular formula is C17H18N2O6S. The topological polar surface area (TPSA) is 132 Å². The molecule has 0 aliphatic carbocycles. The molecule has 3 rings (SSSR count). The molecule has 8 nitrogen and oxygen atoms in total. The fourth-order valence-electron chi connectivity index (χ4n) is 3.09. The predicted molar refractivity (Wildman–Crippen MR) is 91.4 cm³/mol. The van der Waals surface area contributed by atoms with Crippen LogP contribution in [0.15, 0.2) is 28.9 Å². The highest BCUT2D eigenvalue weighted by molar-refractivity contribution is 7.71. The minimum atomic E-state index is -1.54. The molecule has 3 heterocycles. The Labute approximate surface area is 154 Å². The number of aliphatic hydroxyl groups is 4. The Kier molecular flexibility index (Phi) is 5.24. The monoisotopic (exact) mass is 378 g/mol. The molecular weight excluding hydrogens is 360 g/mol. The number of ether oxygens (including phenoxy) is 1. The first-order chi connectivity index (χ1) is 12.4. The van der Waals surface area contributed by atoms with Crippen molar-refractivity contribution in [2.75, 3.05) is 6.61 Å². The Bertz CT molecular complexity index is 886. The van der Waals surface area contributed by atoms with Crippen molar-refractivity contribution < 1.29 is 29.6 Å². The quantitative estimate of drug-likeness (QED) is 0.572. The molecule has 26 heavy (non-hydrogen) atoms. The van der Waals surface area contributed by atoms with Gasteiger partial charge < -0.3 is 34.1 Å². The van der Waals surface area contributed by atoms with Crippen molar-refractivity contribution in [3.63, 3.8) is 0 Å². The number of aryl methyl sites for hydroxylation is 1. The number of hydrogen-bond acceptors (Lipinski definition) is 8.